The van der Waals surface area contributed by atoms with Gasteiger partial charge in [0.05, 0.1) is 88.6 Å². The lowest BCUT2D eigenvalue weighted by molar-refractivity contribution is -0.140. The third-order valence-corrected chi connectivity index (χ3v) is 8.44. The zero-order valence-electron chi connectivity index (χ0n) is 31.9. The zero-order chi connectivity index (χ0) is 39.1. The van der Waals surface area contributed by atoms with E-state index in [4.69, 9.17) is 42.9 Å². The molecule has 13 nitrogen and oxygen atoms in total. The molecule has 1 aliphatic heterocycles. The van der Waals surface area contributed by atoms with E-state index >= 15 is 8.63 Å². The molecular formula is C37H51BF2N2O11. The Morgan fingerprint density at radius 1 is 0.698 bits per heavy atom. The number of benzene rings is 1. The van der Waals surface area contributed by atoms with Crippen molar-refractivity contribution in [3.63, 3.8) is 0 Å². The minimum Gasteiger partial charge on any atom is -0.508 e. The van der Waals surface area contributed by atoms with Gasteiger partial charge in [0.25, 0.3) is 0 Å². The number of carbonyl (C=O) groups is 2. The molecule has 0 saturated heterocycles. The number of phenols is 1. The number of rotatable bonds is 23. The molecule has 2 heterocycles. The third-order valence-electron chi connectivity index (χ3n) is 8.44. The maximum absolute atomic E-state index is 15.1. The maximum Gasteiger partial charge on any atom is 0.677 e. The first-order chi connectivity index (χ1) is 25.4. The number of esters is 2. The highest BCUT2D eigenvalue weighted by Crippen LogP contribution is 2.43. The number of aliphatic imine (C=N–C) groups is 1. The molecule has 1 N–H and O–H groups in total. The van der Waals surface area contributed by atoms with Crippen LogP contribution in [0.25, 0.3) is 5.57 Å². The van der Waals surface area contributed by atoms with Gasteiger partial charge >= 0.3 is 19.3 Å². The number of aromatic nitrogens is 1. The summed E-state index contributed by atoms with van der Waals surface area (Å²) in [5.41, 5.74) is 3.27. The van der Waals surface area contributed by atoms with Gasteiger partial charge in [0, 0.05) is 31.2 Å². The average molecular weight is 749 g/mol. The van der Waals surface area contributed by atoms with Crippen LogP contribution in [0.2, 0.25) is 0 Å². The van der Waals surface area contributed by atoms with E-state index in [1.807, 2.05) is 0 Å². The minimum atomic E-state index is -3.06. The Balaban J connectivity index is 1.99. The second kappa shape index (κ2) is 21.7. The molecule has 0 atom stereocenters. The predicted octanol–water partition coefficient (Wildman–Crippen LogP) is 4.81. The first-order valence-corrected chi connectivity index (χ1v) is 17.3. The summed E-state index contributed by atoms with van der Waals surface area (Å²) >= 11 is 0. The van der Waals surface area contributed by atoms with Crippen LogP contribution >= 0.6 is 0 Å². The fourth-order valence-corrected chi connectivity index (χ4v) is 6.10. The van der Waals surface area contributed by atoms with E-state index < -0.39 is 19.3 Å². The van der Waals surface area contributed by atoms with Crippen LogP contribution in [0.5, 0.6) is 5.75 Å². The van der Waals surface area contributed by atoms with E-state index in [0.29, 0.717) is 74.2 Å². The number of carbonyl (C=O) groups excluding carboxylic acids is 2. The van der Waals surface area contributed by atoms with Gasteiger partial charge in [-0.2, -0.15) is 0 Å². The molecule has 2 aromatic rings. The molecule has 53 heavy (non-hydrogen) atoms. The van der Waals surface area contributed by atoms with Crippen molar-refractivity contribution in [3.8, 4) is 5.75 Å². The van der Waals surface area contributed by atoms with Crippen molar-refractivity contribution < 1.29 is 61.2 Å². The lowest BCUT2D eigenvalue weighted by atomic mass is 9.87. The molecule has 0 amide bonds. The van der Waals surface area contributed by atoms with Crippen LogP contribution in [0.4, 0.5) is 8.63 Å². The molecular weight excluding hydrogens is 697 g/mol. The summed E-state index contributed by atoms with van der Waals surface area (Å²) in [4.78, 5) is 31.6. The van der Waals surface area contributed by atoms with E-state index in [9.17, 15) is 14.7 Å². The standard InChI is InChI=1S/C37H51BF2N2O11/c1-23-21-29(43)22-24(2)30(23)33(34-25(3)31(27(5)41-34)36(44)52-19-17-50-15-13-48-11-9-46-7)35-26(4)32(28(6)42(35)38(39)40)37(45)53-20-18-51-16-14-49-12-10-47-8/h21-22,43H,9-20H2,1-8H3/b34-33-. The highest BCUT2D eigenvalue weighted by atomic mass is 19.2. The number of phenolic OH excluding ortho intramolecular Hbond substituents is 1. The van der Waals surface area contributed by atoms with Crippen molar-refractivity contribution in [3.05, 3.63) is 68.2 Å². The van der Waals surface area contributed by atoms with E-state index in [1.165, 1.54) is 19.1 Å². The van der Waals surface area contributed by atoms with Crippen molar-refractivity contribution in [1.29, 1.82) is 0 Å². The summed E-state index contributed by atoms with van der Waals surface area (Å²) in [6.07, 6.45) is 0. The summed E-state index contributed by atoms with van der Waals surface area (Å²) in [5, 5.41) is 10.4. The van der Waals surface area contributed by atoms with Gasteiger partial charge in [-0.3, -0.25) is 13.6 Å². The highest BCUT2D eigenvalue weighted by Gasteiger charge is 2.37. The number of methoxy groups -OCH3 is 2. The first-order valence-electron chi connectivity index (χ1n) is 17.3. The number of hydrogen-bond donors (Lipinski definition) is 1. The van der Waals surface area contributed by atoms with Crippen LogP contribution in [0, 0.1) is 27.7 Å². The zero-order valence-corrected chi connectivity index (χ0v) is 31.9. The van der Waals surface area contributed by atoms with E-state index in [2.05, 4.69) is 0 Å². The van der Waals surface area contributed by atoms with Gasteiger partial charge in [-0.1, -0.05) is 0 Å². The lowest BCUT2D eigenvalue weighted by Crippen LogP contribution is -2.19. The quantitative estimate of drug-likeness (QED) is 0.0950. The lowest BCUT2D eigenvalue weighted by Gasteiger charge is -2.20. The molecule has 292 valence electrons. The van der Waals surface area contributed by atoms with E-state index in [0.717, 1.165) is 4.48 Å². The Morgan fingerprint density at radius 3 is 1.62 bits per heavy atom. The van der Waals surface area contributed by atoms with Crippen molar-refractivity contribution in [2.45, 2.75) is 41.5 Å². The number of aromatic hydroxyl groups is 1. The van der Waals surface area contributed by atoms with E-state index in [1.54, 1.807) is 48.8 Å². The van der Waals surface area contributed by atoms with Crippen molar-refractivity contribution in [1.82, 2.24) is 4.48 Å². The van der Waals surface area contributed by atoms with Crippen molar-refractivity contribution in [2.24, 2.45) is 4.99 Å². The molecule has 0 unspecified atom stereocenters. The normalized spacial score (nSPS) is 13.8. The molecule has 0 spiro atoms. The number of aryl methyl sites for hydroxylation is 2. The van der Waals surface area contributed by atoms with Crippen LogP contribution in [-0.2, 0) is 42.7 Å². The van der Waals surface area contributed by atoms with Gasteiger partial charge in [-0.05, 0) is 81.5 Å². The fraction of sp³-hybridized carbons (Fsp3) is 0.541. The second-order valence-corrected chi connectivity index (χ2v) is 12.2. The van der Waals surface area contributed by atoms with Crippen LogP contribution in [0.1, 0.15) is 57.8 Å². The number of ether oxygens (including phenoxy) is 8. The Labute approximate surface area is 310 Å². The smallest absolute Gasteiger partial charge is 0.508 e. The molecule has 3 rings (SSSR count). The molecule has 1 aliphatic rings. The van der Waals surface area contributed by atoms with Gasteiger partial charge in [-0.15, -0.1) is 0 Å². The Kier molecular flexibility index (Phi) is 17.8. The summed E-state index contributed by atoms with van der Waals surface area (Å²) in [6.45, 7) is 12.9. The minimum absolute atomic E-state index is 0.00957. The SMILES string of the molecule is COCCOCCOCCOC(=O)C1=C(C)/C(=C(\c2c(C)cc(O)cc2C)c2c(C)c(C(=O)OCCOCCOCCOC)c(C)n2B(F)F)N=C1C. The summed E-state index contributed by atoms with van der Waals surface area (Å²) in [7, 11) is 0.0924. The monoisotopic (exact) mass is 748 g/mol. The van der Waals surface area contributed by atoms with Gasteiger partial charge in [0.1, 0.15) is 19.0 Å². The highest BCUT2D eigenvalue weighted by molar-refractivity contribution is 6.42. The van der Waals surface area contributed by atoms with Crippen LogP contribution in [0.15, 0.2) is 34.0 Å². The Hall–Kier alpha value is -3.93. The van der Waals surface area contributed by atoms with Gasteiger partial charge < -0.3 is 47.5 Å². The summed E-state index contributed by atoms with van der Waals surface area (Å²) in [6, 6.07) is 3.03. The maximum atomic E-state index is 15.1. The van der Waals surface area contributed by atoms with Crippen molar-refractivity contribution in [2.75, 3.05) is 93.5 Å². The molecule has 0 fully saturated rings. The van der Waals surface area contributed by atoms with Crippen molar-refractivity contribution >= 4 is 30.6 Å². The topological polar surface area (TPSA) is 146 Å². The number of hydrogen-bond acceptors (Lipinski definition) is 12. The number of nitrogens with zero attached hydrogens (tertiary/aromatic N) is 2. The molecule has 1 aromatic heterocycles. The molecule has 1 aromatic carbocycles. The molecule has 0 saturated carbocycles. The summed E-state index contributed by atoms with van der Waals surface area (Å²) in [5.74, 6) is -1.46. The number of allylic oxidation sites excluding steroid dienone is 1. The van der Waals surface area contributed by atoms with Gasteiger partial charge in [0.2, 0.25) is 0 Å². The third kappa shape index (κ3) is 11.5. The van der Waals surface area contributed by atoms with Crippen LogP contribution in [0.3, 0.4) is 0 Å². The second-order valence-electron chi connectivity index (χ2n) is 12.2. The fourth-order valence-electron chi connectivity index (χ4n) is 6.10. The summed E-state index contributed by atoms with van der Waals surface area (Å²) < 4.78 is 73.5. The molecule has 0 bridgehead atoms. The van der Waals surface area contributed by atoms with Gasteiger partial charge in [0.15, 0.2) is 0 Å². The molecule has 0 radical (unpaired) electrons. The Morgan fingerprint density at radius 2 is 1.15 bits per heavy atom. The Bertz CT molecular complexity index is 1650. The van der Waals surface area contributed by atoms with Gasteiger partial charge in [-0.25, -0.2) is 9.59 Å². The van der Waals surface area contributed by atoms with Crippen LogP contribution in [-0.4, -0.2) is 128 Å². The average Bonchev–Trinajstić information content (AvgIpc) is 3.54. The van der Waals surface area contributed by atoms with E-state index in [-0.39, 0.29) is 78.1 Å². The largest absolute Gasteiger partial charge is 0.677 e. The molecule has 16 heteroatoms. The van der Waals surface area contributed by atoms with Crippen LogP contribution < -0.4 is 0 Å². The predicted molar refractivity (Wildman–Crippen MR) is 195 cm³/mol. The number of halogens is 2. The first kappa shape index (κ1) is 43.5. The molecule has 0 aliphatic carbocycles.